The molecule has 0 radical (unpaired) electrons. The molecule has 2 aromatic rings. The van der Waals surface area contributed by atoms with Gasteiger partial charge < -0.3 is 15.0 Å². The van der Waals surface area contributed by atoms with Crippen LogP contribution in [0, 0.1) is 5.41 Å². The Balaban J connectivity index is 1.55. The van der Waals surface area contributed by atoms with Crippen LogP contribution in [0.5, 0.6) is 5.75 Å². The highest BCUT2D eigenvalue weighted by molar-refractivity contribution is 6.18. The lowest BCUT2D eigenvalue weighted by Crippen LogP contribution is -2.45. The van der Waals surface area contributed by atoms with Crippen molar-refractivity contribution in [1.29, 1.82) is 0 Å². The predicted octanol–water partition coefficient (Wildman–Crippen LogP) is 3.39. The highest BCUT2D eigenvalue weighted by atomic mass is 16.5. The molecule has 5 heteroatoms. The number of aryl methyl sites for hydroxylation is 1. The topological polar surface area (TPSA) is 58.6 Å². The van der Waals surface area contributed by atoms with Crippen molar-refractivity contribution >= 4 is 23.2 Å². The minimum atomic E-state index is -0.937. The Morgan fingerprint density at radius 3 is 2.69 bits per heavy atom. The zero-order chi connectivity index (χ0) is 18.1. The number of methoxy groups -OCH3 is 1. The van der Waals surface area contributed by atoms with Crippen LogP contribution in [0.4, 0.5) is 11.4 Å². The van der Waals surface area contributed by atoms with Crippen LogP contribution in [0.25, 0.3) is 0 Å². The quantitative estimate of drug-likeness (QED) is 0.860. The van der Waals surface area contributed by atoms with Crippen molar-refractivity contribution < 1.29 is 14.3 Å². The van der Waals surface area contributed by atoms with Gasteiger partial charge in [0.2, 0.25) is 11.8 Å². The third-order valence-electron chi connectivity index (χ3n) is 5.28. The number of nitrogens with one attached hydrogen (secondary N) is 1. The van der Waals surface area contributed by atoms with E-state index in [1.54, 1.807) is 24.1 Å². The molecule has 1 aliphatic heterocycles. The number of nitrogens with zero attached hydrogens (tertiary/aromatic N) is 1. The van der Waals surface area contributed by atoms with E-state index < -0.39 is 5.41 Å². The summed E-state index contributed by atoms with van der Waals surface area (Å²) < 4.78 is 5.19. The van der Waals surface area contributed by atoms with Crippen LogP contribution in [0.15, 0.2) is 48.5 Å². The van der Waals surface area contributed by atoms with Gasteiger partial charge in [0.1, 0.15) is 11.2 Å². The van der Waals surface area contributed by atoms with Crippen molar-refractivity contribution in [2.75, 3.05) is 23.9 Å². The average Bonchev–Trinajstić information content (AvgIpc) is 3.49. The summed E-state index contributed by atoms with van der Waals surface area (Å²) in [5.41, 5.74) is 1.83. The van der Waals surface area contributed by atoms with Gasteiger partial charge in [-0.25, -0.2) is 0 Å². The van der Waals surface area contributed by atoms with Crippen LogP contribution in [-0.4, -0.2) is 25.5 Å². The van der Waals surface area contributed by atoms with E-state index in [0.29, 0.717) is 30.8 Å². The van der Waals surface area contributed by atoms with Crippen molar-refractivity contribution in [3.05, 3.63) is 54.1 Å². The summed E-state index contributed by atoms with van der Waals surface area (Å²) in [6, 6.07) is 15.2. The third kappa shape index (κ3) is 2.83. The maximum absolute atomic E-state index is 13.2. The molecule has 0 aromatic heterocycles. The van der Waals surface area contributed by atoms with Crippen molar-refractivity contribution in [3.63, 3.8) is 0 Å². The Kier molecular flexibility index (Phi) is 4.15. The lowest BCUT2D eigenvalue weighted by molar-refractivity contribution is -0.132. The summed E-state index contributed by atoms with van der Waals surface area (Å²) in [5.74, 6) is 0.368. The minimum Gasteiger partial charge on any atom is -0.497 e. The van der Waals surface area contributed by atoms with Crippen LogP contribution < -0.4 is 15.0 Å². The molecule has 1 saturated carbocycles. The summed E-state index contributed by atoms with van der Waals surface area (Å²) in [7, 11) is 1.58. The molecule has 2 aromatic carbocycles. The minimum absolute atomic E-state index is 0.0787. The second-order valence-electron chi connectivity index (χ2n) is 6.96. The van der Waals surface area contributed by atoms with Gasteiger partial charge in [0.15, 0.2) is 0 Å². The molecule has 1 heterocycles. The molecular weight excluding hydrogens is 328 g/mol. The number of carbonyl (C=O) groups is 2. The Morgan fingerprint density at radius 1 is 1.12 bits per heavy atom. The summed E-state index contributed by atoms with van der Waals surface area (Å²) >= 11 is 0. The molecule has 1 aliphatic carbocycles. The number of ether oxygens (including phenoxy) is 1. The SMILES string of the molecule is COc1cccc(NC(=O)C2(C(=O)N3CCCc4ccccc43)CC2)c1. The fourth-order valence-electron chi connectivity index (χ4n) is 3.62. The number of amides is 2. The molecule has 1 fully saturated rings. The largest absolute Gasteiger partial charge is 0.497 e. The molecule has 0 spiro atoms. The molecule has 0 saturated heterocycles. The molecule has 2 aliphatic rings. The Bertz CT molecular complexity index is 858. The number of benzene rings is 2. The normalized spacial score (nSPS) is 17.2. The van der Waals surface area contributed by atoms with Crippen molar-refractivity contribution in [1.82, 2.24) is 0 Å². The van der Waals surface area contributed by atoms with E-state index in [1.165, 1.54) is 5.56 Å². The molecule has 0 atom stereocenters. The molecule has 5 nitrogen and oxygen atoms in total. The number of hydrogen-bond acceptors (Lipinski definition) is 3. The number of para-hydroxylation sites is 1. The monoisotopic (exact) mass is 350 g/mol. The van der Waals surface area contributed by atoms with Crippen molar-refractivity contribution in [2.45, 2.75) is 25.7 Å². The highest BCUT2D eigenvalue weighted by Crippen LogP contribution is 2.49. The summed E-state index contributed by atoms with van der Waals surface area (Å²) in [5, 5.41) is 2.90. The van der Waals surface area contributed by atoms with E-state index in [-0.39, 0.29) is 11.8 Å². The first-order chi connectivity index (χ1) is 12.6. The van der Waals surface area contributed by atoms with Gasteiger partial charge in [-0.2, -0.15) is 0 Å². The van der Waals surface area contributed by atoms with Gasteiger partial charge in [0, 0.05) is 24.0 Å². The maximum atomic E-state index is 13.2. The number of anilines is 2. The summed E-state index contributed by atoms with van der Waals surface area (Å²) in [6.45, 7) is 0.671. The van der Waals surface area contributed by atoms with Crippen molar-refractivity contribution in [3.8, 4) is 5.75 Å². The summed E-state index contributed by atoms with van der Waals surface area (Å²) in [4.78, 5) is 27.9. The van der Waals surface area contributed by atoms with Gasteiger partial charge in [-0.05, 0) is 49.4 Å². The van der Waals surface area contributed by atoms with E-state index in [0.717, 1.165) is 18.5 Å². The van der Waals surface area contributed by atoms with Crippen LogP contribution in [0.3, 0.4) is 0 Å². The van der Waals surface area contributed by atoms with E-state index in [9.17, 15) is 9.59 Å². The van der Waals surface area contributed by atoms with Gasteiger partial charge in [0.25, 0.3) is 0 Å². The molecule has 26 heavy (non-hydrogen) atoms. The molecule has 4 rings (SSSR count). The van der Waals surface area contributed by atoms with Crippen molar-refractivity contribution in [2.24, 2.45) is 5.41 Å². The van der Waals surface area contributed by atoms with Crippen LogP contribution in [0.1, 0.15) is 24.8 Å². The zero-order valence-corrected chi connectivity index (χ0v) is 14.8. The molecule has 0 unspecified atom stereocenters. The van der Waals surface area contributed by atoms with E-state index in [4.69, 9.17) is 4.74 Å². The number of hydrogen-bond donors (Lipinski definition) is 1. The van der Waals surface area contributed by atoms with E-state index >= 15 is 0 Å². The summed E-state index contributed by atoms with van der Waals surface area (Å²) in [6.07, 6.45) is 3.10. The third-order valence-corrected chi connectivity index (χ3v) is 5.28. The number of fused-ring (bicyclic) bond motifs is 1. The van der Waals surface area contributed by atoms with Gasteiger partial charge in [0.05, 0.1) is 7.11 Å². The van der Waals surface area contributed by atoms with Crippen LogP contribution >= 0.6 is 0 Å². The molecule has 0 bridgehead atoms. The lowest BCUT2D eigenvalue weighted by Gasteiger charge is -2.32. The molecular formula is C21H22N2O3. The second-order valence-corrected chi connectivity index (χ2v) is 6.96. The van der Waals surface area contributed by atoms with Crippen LogP contribution in [-0.2, 0) is 16.0 Å². The maximum Gasteiger partial charge on any atom is 0.242 e. The van der Waals surface area contributed by atoms with E-state index in [2.05, 4.69) is 11.4 Å². The number of rotatable bonds is 4. The van der Waals surface area contributed by atoms with Gasteiger partial charge in [-0.3, -0.25) is 9.59 Å². The van der Waals surface area contributed by atoms with Gasteiger partial charge >= 0.3 is 0 Å². The molecule has 1 N–H and O–H groups in total. The fraction of sp³-hybridized carbons (Fsp3) is 0.333. The highest BCUT2D eigenvalue weighted by Gasteiger charge is 2.58. The smallest absolute Gasteiger partial charge is 0.242 e. The van der Waals surface area contributed by atoms with Gasteiger partial charge in [-0.1, -0.05) is 24.3 Å². The van der Waals surface area contributed by atoms with Gasteiger partial charge in [-0.15, -0.1) is 0 Å². The standard InChI is InChI=1S/C21H22N2O3/c1-26-17-9-4-8-16(14-17)22-19(24)21(11-12-21)20(25)23-13-5-7-15-6-2-3-10-18(15)23/h2-4,6,8-10,14H,5,7,11-13H2,1H3,(H,22,24). The Hall–Kier alpha value is -2.82. The first-order valence-electron chi connectivity index (χ1n) is 8.99. The Morgan fingerprint density at radius 2 is 1.92 bits per heavy atom. The molecule has 134 valence electrons. The van der Waals surface area contributed by atoms with E-state index in [1.807, 2.05) is 30.3 Å². The average molecular weight is 350 g/mol. The second kappa shape index (κ2) is 6.48. The predicted molar refractivity (Wildman–Crippen MR) is 100 cm³/mol. The Labute approximate surface area is 153 Å². The van der Waals surface area contributed by atoms with Crippen LogP contribution in [0.2, 0.25) is 0 Å². The molecule has 2 amide bonds. The zero-order valence-electron chi connectivity index (χ0n) is 14.8. The fourth-order valence-corrected chi connectivity index (χ4v) is 3.62. The lowest BCUT2D eigenvalue weighted by atomic mass is 9.97. The first-order valence-corrected chi connectivity index (χ1v) is 8.99. The first kappa shape index (κ1) is 16.6. The number of carbonyl (C=O) groups excluding carboxylic acids is 2.